The quantitative estimate of drug-likeness (QED) is 0.469. The molecule has 2 aromatic carbocycles. The Labute approximate surface area is 207 Å². The number of aromatic hydroxyl groups is 1. The van der Waals surface area contributed by atoms with Crippen LogP contribution in [0.1, 0.15) is 67.6 Å². The molecule has 2 aliphatic rings. The summed E-state index contributed by atoms with van der Waals surface area (Å²) in [5.74, 6) is 1.53. The zero-order valence-corrected chi connectivity index (χ0v) is 20.5. The fourth-order valence-electron chi connectivity index (χ4n) is 5.74. The van der Waals surface area contributed by atoms with Crippen molar-refractivity contribution >= 4 is 11.6 Å². The number of carbonyl (C=O) groups excluding carboxylic acids is 1. The summed E-state index contributed by atoms with van der Waals surface area (Å²) >= 11 is 0. The van der Waals surface area contributed by atoms with Crippen LogP contribution in [0.15, 0.2) is 54.9 Å². The number of rotatable bonds is 7. The zero-order chi connectivity index (χ0) is 24.2. The zero-order valence-electron chi connectivity index (χ0n) is 20.5. The summed E-state index contributed by atoms with van der Waals surface area (Å²) in [5.41, 5.74) is 3.72. The summed E-state index contributed by atoms with van der Waals surface area (Å²) in [4.78, 5) is 15.9. The molecule has 1 saturated carbocycles. The van der Waals surface area contributed by atoms with Crippen molar-refractivity contribution in [1.29, 1.82) is 0 Å². The van der Waals surface area contributed by atoms with E-state index >= 15 is 0 Å². The Morgan fingerprint density at radius 1 is 1.09 bits per heavy atom. The topological polar surface area (TPSA) is 67.6 Å². The second-order valence-corrected chi connectivity index (χ2v) is 9.99. The lowest BCUT2D eigenvalue weighted by molar-refractivity contribution is -0.120. The molecule has 6 heteroatoms. The molecular weight excluding hydrogens is 438 g/mol. The number of hydrogen-bond acceptors (Lipinski definition) is 4. The summed E-state index contributed by atoms with van der Waals surface area (Å²) in [6.07, 6.45) is 13.0. The van der Waals surface area contributed by atoms with Crippen LogP contribution in [0.3, 0.4) is 0 Å². The second kappa shape index (κ2) is 10.5. The highest BCUT2D eigenvalue weighted by molar-refractivity contribution is 5.98. The summed E-state index contributed by atoms with van der Waals surface area (Å²) in [6.45, 7) is 1.41. The van der Waals surface area contributed by atoms with Crippen LogP contribution in [0.5, 0.6) is 11.5 Å². The first-order valence-corrected chi connectivity index (χ1v) is 12.9. The van der Waals surface area contributed by atoms with Gasteiger partial charge in [-0.15, -0.1) is 0 Å². The average Bonchev–Trinajstić information content (AvgIpc) is 3.34. The van der Waals surface area contributed by atoms with Crippen LogP contribution in [-0.2, 0) is 24.3 Å². The van der Waals surface area contributed by atoms with Gasteiger partial charge in [0.05, 0.1) is 25.8 Å². The number of hydrogen-bond donors (Lipinski definition) is 1. The van der Waals surface area contributed by atoms with Crippen molar-refractivity contribution in [2.24, 2.45) is 5.92 Å². The molecule has 1 aromatic heterocycles. The first kappa shape index (κ1) is 23.5. The van der Waals surface area contributed by atoms with E-state index < -0.39 is 0 Å². The molecule has 0 aliphatic heterocycles. The molecule has 1 atom stereocenters. The maximum absolute atomic E-state index is 14.0. The number of phenols is 1. The highest BCUT2D eigenvalue weighted by Gasteiger charge is 2.32. The van der Waals surface area contributed by atoms with Crippen molar-refractivity contribution in [3.63, 3.8) is 0 Å². The second-order valence-electron chi connectivity index (χ2n) is 9.99. The molecule has 2 aliphatic carbocycles. The lowest BCUT2D eigenvalue weighted by atomic mass is 9.81. The van der Waals surface area contributed by atoms with E-state index in [1.54, 1.807) is 13.2 Å². The minimum Gasteiger partial charge on any atom is -0.508 e. The lowest BCUT2D eigenvalue weighted by Gasteiger charge is -2.31. The minimum atomic E-state index is -0.273. The Morgan fingerprint density at radius 2 is 1.89 bits per heavy atom. The van der Waals surface area contributed by atoms with Crippen molar-refractivity contribution in [3.05, 3.63) is 71.5 Å². The number of nitrogens with zero attached hydrogens (tertiary/aromatic N) is 3. The lowest BCUT2D eigenvalue weighted by Crippen LogP contribution is -2.36. The molecule has 35 heavy (non-hydrogen) atoms. The number of phenolic OH excluding ortho intramolecular Hbond substituents is 1. The highest BCUT2D eigenvalue weighted by Crippen LogP contribution is 2.38. The van der Waals surface area contributed by atoms with E-state index in [2.05, 4.69) is 16.0 Å². The summed E-state index contributed by atoms with van der Waals surface area (Å²) in [7, 11) is 1.64. The van der Waals surface area contributed by atoms with Gasteiger partial charge in [-0.3, -0.25) is 9.48 Å². The van der Waals surface area contributed by atoms with Gasteiger partial charge in [-0.1, -0.05) is 31.4 Å². The Morgan fingerprint density at radius 3 is 2.66 bits per heavy atom. The van der Waals surface area contributed by atoms with Gasteiger partial charge >= 0.3 is 0 Å². The molecule has 0 bridgehead atoms. The van der Waals surface area contributed by atoms with Crippen LogP contribution in [-0.4, -0.2) is 27.9 Å². The van der Waals surface area contributed by atoms with Crippen LogP contribution in [0.25, 0.3) is 0 Å². The fraction of sp³-hybridized carbons (Fsp3) is 0.448. The van der Waals surface area contributed by atoms with Crippen LogP contribution in [0.4, 0.5) is 5.69 Å². The first-order valence-electron chi connectivity index (χ1n) is 12.9. The predicted molar refractivity (Wildman–Crippen MR) is 137 cm³/mol. The van der Waals surface area contributed by atoms with Gasteiger partial charge in [0, 0.05) is 24.0 Å². The number of methoxy groups -OCH3 is 1. The van der Waals surface area contributed by atoms with E-state index in [4.69, 9.17) is 4.74 Å². The van der Waals surface area contributed by atoms with E-state index in [0.717, 1.165) is 53.9 Å². The highest BCUT2D eigenvalue weighted by atomic mass is 16.5. The van der Waals surface area contributed by atoms with E-state index in [9.17, 15) is 9.90 Å². The van der Waals surface area contributed by atoms with Crippen LogP contribution in [0.2, 0.25) is 0 Å². The van der Waals surface area contributed by atoms with E-state index in [-0.39, 0.29) is 11.8 Å². The van der Waals surface area contributed by atoms with Crippen molar-refractivity contribution in [3.8, 4) is 11.5 Å². The third-order valence-electron chi connectivity index (χ3n) is 7.63. The van der Waals surface area contributed by atoms with Crippen LogP contribution in [0, 0.1) is 5.92 Å². The molecule has 1 amide bonds. The molecule has 184 valence electrons. The maximum atomic E-state index is 14.0. The predicted octanol–water partition coefficient (Wildman–Crippen LogP) is 5.83. The smallest absolute Gasteiger partial charge is 0.234 e. The van der Waals surface area contributed by atoms with Crippen molar-refractivity contribution < 1.29 is 14.6 Å². The van der Waals surface area contributed by atoms with Gasteiger partial charge in [0.15, 0.2) is 0 Å². The first-order chi connectivity index (χ1) is 17.1. The molecule has 1 heterocycles. The number of anilines is 1. The summed E-state index contributed by atoms with van der Waals surface area (Å²) < 4.78 is 7.39. The van der Waals surface area contributed by atoms with Gasteiger partial charge in [0.25, 0.3) is 0 Å². The molecule has 3 aromatic rings. The third kappa shape index (κ3) is 5.21. The monoisotopic (exact) mass is 473 g/mol. The Hall–Kier alpha value is -3.28. The van der Waals surface area contributed by atoms with E-state index in [0.29, 0.717) is 18.2 Å². The number of aromatic nitrogens is 2. The fourth-order valence-corrected chi connectivity index (χ4v) is 5.74. The minimum absolute atomic E-state index is 0.0572. The van der Waals surface area contributed by atoms with E-state index in [1.165, 1.54) is 32.1 Å². The normalized spacial score (nSPS) is 18.1. The number of amides is 1. The molecule has 0 saturated heterocycles. The standard InChI is InChI=1S/C29H35N3O3/c1-35-24-15-13-23(14-16-24)32(20-22-17-30-31(19-22)18-21-7-3-2-4-8-21)29(34)27-11-5-10-26-25(27)9-6-12-28(26)33/h6,9,12-17,19,21,27,33H,2-5,7-8,10-11,18,20H2,1H3. The average molecular weight is 474 g/mol. The Bertz CT molecular complexity index is 1150. The van der Waals surface area contributed by atoms with Crippen molar-refractivity contribution in [2.45, 2.75) is 70.4 Å². The molecule has 0 radical (unpaired) electrons. The summed E-state index contributed by atoms with van der Waals surface area (Å²) in [5, 5.41) is 15.0. The van der Waals surface area contributed by atoms with Gasteiger partial charge < -0.3 is 14.7 Å². The van der Waals surface area contributed by atoms with Crippen LogP contribution < -0.4 is 9.64 Å². The largest absolute Gasteiger partial charge is 0.508 e. The third-order valence-corrected chi connectivity index (χ3v) is 7.63. The van der Waals surface area contributed by atoms with Gasteiger partial charge in [0.1, 0.15) is 11.5 Å². The molecule has 5 rings (SSSR count). The molecular formula is C29H35N3O3. The van der Waals surface area contributed by atoms with Gasteiger partial charge in [-0.2, -0.15) is 5.10 Å². The molecule has 6 nitrogen and oxygen atoms in total. The number of benzene rings is 2. The van der Waals surface area contributed by atoms with Crippen molar-refractivity contribution in [2.75, 3.05) is 12.0 Å². The number of carbonyl (C=O) groups is 1. The van der Waals surface area contributed by atoms with Gasteiger partial charge in [-0.25, -0.2) is 0 Å². The maximum Gasteiger partial charge on any atom is 0.234 e. The molecule has 1 fully saturated rings. The number of ether oxygens (including phenoxy) is 1. The van der Waals surface area contributed by atoms with Crippen molar-refractivity contribution in [1.82, 2.24) is 9.78 Å². The molecule has 1 N–H and O–H groups in total. The molecule has 1 unspecified atom stereocenters. The number of fused-ring (bicyclic) bond motifs is 1. The van der Waals surface area contributed by atoms with Gasteiger partial charge in [0.2, 0.25) is 5.91 Å². The Balaban J connectivity index is 1.41. The Kier molecular flexibility index (Phi) is 7.07. The molecule has 0 spiro atoms. The summed E-state index contributed by atoms with van der Waals surface area (Å²) in [6, 6.07) is 13.2. The SMILES string of the molecule is COc1ccc(N(Cc2cnn(CC3CCCCC3)c2)C(=O)C2CCCc3c(O)cccc32)cc1. The van der Waals surface area contributed by atoms with Crippen LogP contribution >= 0.6 is 0 Å². The van der Waals surface area contributed by atoms with Gasteiger partial charge in [-0.05, 0) is 79.5 Å². The van der Waals surface area contributed by atoms with E-state index in [1.807, 2.05) is 47.5 Å².